The number of thiophene rings is 1. The standard InChI is InChI=1S/C9H11NO5S2/c1-5-8(2-7(16-5)9(12)13)17(14,15)10-3-6(11)4-10/h2,6,11H,3-4H2,1H3,(H,12,13). The molecule has 1 aliphatic heterocycles. The van der Waals surface area contributed by atoms with Crippen LogP contribution in [0.4, 0.5) is 0 Å². The number of hydrogen-bond donors (Lipinski definition) is 2. The Kier molecular flexibility index (Phi) is 2.98. The molecular formula is C9H11NO5S2. The van der Waals surface area contributed by atoms with E-state index >= 15 is 0 Å². The summed E-state index contributed by atoms with van der Waals surface area (Å²) in [7, 11) is -3.66. The molecule has 1 aromatic heterocycles. The molecule has 2 heterocycles. The number of hydrogen-bond acceptors (Lipinski definition) is 5. The van der Waals surface area contributed by atoms with Crippen molar-refractivity contribution in [2.24, 2.45) is 0 Å². The van der Waals surface area contributed by atoms with Crippen LogP contribution >= 0.6 is 11.3 Å². The Labute approximate surface area is 102 Å². The van der Waals surface area contributed by atoms with Crippen LogP contribution in [0.25, 0.3) is 0 Å². The zero-order valence-electron chi connectivity index (χ0n) is 8.95. The van der Waals surface area contributed by atoms with Gasteiger partial charge in [-0.05, 0) is 13.0 Å². The minimum Gasteiger partial charge on any atom is -0.477 e. The molecule has 17 heavy (non-hydrogen) atoms. The maximum Gasteiger partial charge on any atom is 0.345 e. The van der Waals surface area contributed by atoms with Crippen LogP contribution in [0.3, 0.4) is 0 Å². The van der Waals surface area contributed by atoms with Crippen LogP contribution < -0.4 is 0 Å². The Morgan fingerprint density at radius 2 is 2.12 bits per heavy atom. The van der Waals surface area contributed by atoms with Gasteiger partial charge in [-0.25, -0.2) is 13.2 Å². The van der Waals surface area contributed by atoms with E-state index in [-0.39, 0.29) is 22.9 Å². The number of carboxylic acids is 1. The number of aryl methyl sites for hydroxylation is 1. The lowest BCUT2D eigenvalue weighted by Crippen LogP contribution is -2.53. The number of aromatic carboxylic acids is 1. The average molecular weight is 277 g/mol. The van der Waals surface area contributed by atoms with E-state index in [9.17, 15) is 13.2 Å². The summed E-state index contributed by atoms with van der Waals surface area (Å²) in [6.45, 7) is 1.71. The number of sulfonamides is 1. The molecule has 1 aliphatic rings. The molecule has 1 aromatic rings. The van der Waals surface area contributed by atoms with E-state index in [0.29, 0.717) is 4.88 Å². The first-order valence-electron chi connectivity index (χ1n) is 4.84. The van der Waals surface area contributed by atoms with Crippen LogP contribution in [0.1, 0.15) is 14.5 Å². The molecule has 94 valence electrons. The van der Waals surface area contributed by atoms with Gasteiger partial charge in [0.15, 0.2) is 0 Å². The SMILES string of the molecule is Cc1sc(C(=O)O)cc1S(=O)(=O)N1CC(O)C1. The third kappa shape index (κ3) is 2.08. The van der Waals surface area contributed by atoms with Gasteiger partial charge in [-0.3, -0.25) is 0 Å². The topological polar surface area (TPSA) is 94.9 Å². The predicted octanol–water partition coefficient (Wildman–Crippen LogP) is 0.120. The Balaban J connectivity index is 2.37. The summed E-state index contributed by atoms with van der Waals surface area (Å²) in [5.74, 6) is -1.14. The van der Waals surface area contributed by atoms with Gasteiger partial charge >= 0.3 is 5.97 Å². The number of aliphatic hydroxyl groups is 1. The minimum absolute atomic E-state index is 0.00199. The zero-order valence-corrected chi connectivity index (χ0v) is 10.6. The third-order valence-corrected chi connectivity index (χ3v) is 5.66. The van der Waals surface area contributed by atoms with Crippen molar-refractivity contribution < 1.29 is 23.4 Å². The van der Waals surface area contributed by atoms with Crippen molar-refractivity contribution in [2.45, 2.75) is 17.9 Å². The molecule has 2 rings (SSSR count). The van der Waals surface area contributed by atoms with Crippen LogP contribution in [0.2, 0.25) is 0 Å². The molecule has 0 radical (unpaired) electrons. The minimum atomic E-state index is -3.66. The van der Waals surface area contributed by atoms with Crippen LogP contribution in [-0.4, -0.2) is 48.1 Å². The van der Waals surface area contributed by atoms with E-state index in [2.05, 4.69) is 0 Å². The fourth-order valence-corrected chi connectivity index (χ4v) is 4.49. The maximum absolute atomic E-state index is 12.0. The van der Waals surface area contributed by atoms with E-state index in [1.807, 2.05) is 0 Å². The average Bonchev–Trinajstić information content (AvgIpc) is 2.56. The molecule has 0 unspecified atom stereocenters. The second-order valence-corrected chi connectivity index (χ2v) is 6.97. The van der Waals surface area contributed by atoms with Crippen LogP contribution in [0.5, 0.6) is 0 Å². The van der Waals surface area contributed by atoms with Crippen molar-refractivity contribution in [3.05, 3.63) is 15.8 Å². The maximum atomic E-state index is 12.0. The molecule has 8 heteroatoms. The number of β-amino-alcohol motifs (C(OH)–C–C–N with tert-alkyl or cyclic N) is 1. The lowest BCUT2D eigenvalue weighted by Gasteiger charge is -2.34. The molecular weight excluding hydrogens is 266 g/mol. The second-order valence-electron chi connectivity index (χ2n) is 3.81. The van der Waals surface area contributed by atoms with Crippen molar-refractivity contribution in [2.75, 3.05) is 13.1 Å². The van der Waals surface area contributed by atoms with E-state index < -0.39 is 22.1 Å². The first-order valence-corrected chi connectivity index (χ1v) is 7.10. The molecule has 1 saturated heterocycles. The molecule has 6 nitrogen and oxygen atoms in total. The summed E-state index contributed by atoms with van der Waals surface area (Å²) in [5.41, 5.74) is 0. The second kappa shape index (κ2) is 4.05. The van der Waals surface area contributed by atoms with Crippen molar-refractivity contribution in [3.8, 4) is 0 Å². The Hall–Kier alpha value is -0.960. The Morgan fingerprint density at radius 3 is 2.53 bits per heavy atom. The molecule has 0 aliphatic carbocycles. The molecule has 0 atom stereocenters. The first-order chi connectivity index (χ1) is 7.82. The number of carboxylic acid groups (broad SMARTS) is 1. The van der Waals surface area contributed by atoms with Crippen LogP contribution in [0, 0.1) is 6.92 Å². The van der Waals surface area contributed by atoms with E-state index in [4.69, 9.17) is 10.2 Å². The number of aliphatic hydroxyl groups excluding tert-OH is 1. The van der Waals surface area contributed by atoms with Crippen molar-refractivity contribution in [1.82, 2.24) is 4.31 Å². The monoisotopic (exact) mass is 277 g/mol. The largest absolute Gasteiger partial charge is 0.477 e. The summed E-state index contributed by atoms with van der Waals surface area (Å²) in [4.78, 5) is 11.2. The highest BCUT2D eigenvalue weighted by Gasteiger charge is 2.37. The normalized spacial score (nSPS) is 18.0. The van der Waals surface area contributed by atoms with E-state index in [0.717, 1.165) is 15.6 Å². The highest BCUT2D eigenvalue weighted by molar-refractivity contribution is 7.89. The van der Waals surface area contributed by atoms with Gasteiger partial charge in [0.1, 0.15) is 4.88 Å². The third-order valence-electron chi connectivity index (χ3n) is 2.53. The summed E-state index contributed by atoms with van der Waals surface area (Å²) in [5, 5.41) is 17.9. The Bertz CT molecular complexity index is 556. The number of carbonyl (C=O) groups is 1. The molecule has 1 fully saturated rings. The van der Waals surface area contributed by atoms with Crippen molar-refractivity contribution in [1.29, 1.82) is 0 Å². The van der Waals surface area contributed by atoms with Crippen molar-refractivity contribution >= 4 is 27.3 Å². The smallest absolute Gasteiger partial charge is 0.345 e. The van der Waals surface area contributed by atoms with Gasteiger partial charge in [0.05, 0.1) is 11.0 Å². The number of rotatable bonds is 3. The highest BCUT2D eigenvalue weighted by atomic mass is 32.2. The summed E-state index contributed by atoms with van der Waals surface area (Å²) in [6, 6.07) is 1.17. The summed E-state index contributed by atoms with van der Waals surface area (Å²) >= 11 is 0.934. The van der Waals surface area contributed by atoms with E-state index in [1.54, 1.807) is 6.92 Å². The number of nitrogens with zero attached hydrogens (tertiary/aromatic N) is 1. The molecule has 2 N–H and O–H groups in total. The molecule has 0 amide bonds. The lowest BCUT2D eigenvalue weighted by atomic mass is 10.2. The predicted molar refractivity (Wildman–Crippen MR) is 60.8 cm³/mol. The highest BCUT2D eigenvalue weighted by Crippen LogP contribution is 2.30. The molecule has 0 bridgehead atoms. The van der Waals surface area contributed by atoms with Crippen LogP contribution in [-0.2, 0) is 10.0 Å². The van der Waals surface area contributed by atoms with Gasteiger partial charge < -0.3 is 10.2 Å². The van der Waals surface area contributed by atoms with Gasteiger partial charge in [-0.15, -0.1) is 11.3 Å². The first kappa shape index (κ1) is 12.5. The molecule has 0 saturated carbocycles. The van der Waals surface area contributed by atoms with Gasteiger partial charge in [0.25, 0.3) is 0 Å². The van der Waals surface area contributed by atoms with E-state index in [1.165, 1.54) is 6.07 Å². The molecule has 0 spiro atoms. The lowest BCUT2D eigenvalue weighted by molar-refractivity contribution is 0.0547. The zero-order chi connectivity index (χ0) is 12.8. The quantitative estimate of drug-likeness (QED) is 0.818. The molecule has 0 aromatic carbocycles. The fourth-order valence-electron chi connectivity index (χ4n) is 1.58. The Morgan fingerprint density at radius 1 is 1.53 bits per heavy atom. The van der Waals surface area contributed by atoms with Gasteiger partial charge in [-0.2, -0.15) is 4.31 Å². The van der Waals surface area contributed by atoms with Gasteiger partial charge in [0.2, 0.25) is 10.0 Å². The van der Waals surface area contributed by atoms with Crippen molar-refractivity contribution in [3.63, 3.8) is 0 Å². The van der Waals surface area contributed by atoms with Gasteiger partial charge in [-0.1, -0.05) is 0 Å². The van der Waals surface area contributed by atoms with Gasteiger partial charge in [0, 0.05) is 18.0 Å². The van der Waals surface area contributed by atoms with Crippen LogP contribution in [0.15, 0.2) is 11.0 Å². The summed E-state index contributed by atoms with van der Waals surface area (Å²) < 4.78 is 25.2. The summed E-state index contributed by atoms with van der Waals surface area (Å²) in [6.07, 6.45) is -0.623. The fraction of sp³-hybridized carbons (Fsp3) is 0.444.